The Bertz CT molecular complexity index is 804. The molecule has 0 bridgehead atoms. The van der Waals surface area contributed by atoms with Gasteiger partial charge >= 0.3 is 0 Å². The molecule has 2 heterocycles. The topological polar surface area (TPSA) is 43.4 Å². The lowest BCUT2D eigenvalue weighted by Gasteiger charge is -2.18. The number of ketones is 1. The zero-order valence-corrected chi connectivity index (χ0v) is 13.9. The van der Waals surface area contributed by atoms with Crippen molar-refractivity contribution in [1.29, 1.82) is 0 Å². The van der Waals surface area contributed by atoms with Crippen molar-refractivity contribution in [1.82, 2.24) is 0 Å². The SMILES string of the molecule is Cc1cccc(C)c1C(Cc1ccco1)C(=O)/C=C/c1ccco1. The van der Waals surface area contributed by atoms with Gasteiger partial charge in [0.15, 0.2) is 5.78 Å². The number of furan rings is 2. The van der Waals surface area contributed by atoms with Crippen LogP contribution in [0.3, 0.4) is 0 Å². The Kier molecular flexibility index (Phi) is 4.80. The van der Waals surface area contributed by atoms with Crippen molar-refractivity contribution in [2.24, 2.45) is 0 Å². The first-order chi connectivity index (χ1) is 11.6. The van der Waals surface area contributed by atoms with E-state index in [1.54, 1.807) is 30.7 Å². The van der Waals surface area contributed by atoms with Gasteiger partial charge in [-0.25, -0.2) is 0 Å². The maximum atomic E-state index is 12.9. The number of aryl methyl sites for hydroxylation is 2. The summed E-state index contributed by atoms with van der Waals surface area (Å²) in [6, 6.07) is 13.5. The Morgan fingerprint density at radius 2 is 1.71 bits per heavy atom. The van der Waals surface area contributed by atoms with Crippen LogP contribution in [-0.2, 0) is 11.2 Å². The fourth-order valence-electron chi connectivity index (χ4n) is 3.02. The normalized spacial score (nSPS) is 12.6. The number of carbonyl (C=O) groups excluding carboxylic acids is 1. The molecule has 0 N–H and O–H groups in total. The molecule has 0 aliphatic rings. The number of benzene rings is 1. The molecule has 3 nitrogen and oxygen atoms in total. The second-order valence-electron chi connectivity index (χ2n) is 5.89. The Morgan fingerprint density at radius 3 is 2.33 bits per heavy atom. The molecule has 0 amide bonds. The van der Waals surface area contributed by atoms with Gasteiger partial charge in [-0.2, -0.15) is 0 Å². The number of carbonyl (C=O) groups is 1. The maximum Gasteiger partial charge on any atom is 0.163 e. The van der Waals surface area contributed by atoms with Gasteiger partial charge in [-0.15, -0.1) is 0 Å². The molecule has 3 heteroatoms. The smallest absolute Gasteiger partial charge is 0.163 e. The van der Waals surface area contributed by atoms with E-state index in [0.717, 1.165) is 22.5 Å². The van der Waals surface area contributed by atoms with Crippen LogP contribution in [0.15, 0.2) is 69.9 Å². The monoisotopic (exact) mass is 320 g/mol. The lowest BCUT2D eigenvalue weighted by atomic mass is 9.84. The van der Waals surface area contributed by atoms with E-state index < -0.39 is 0 Å². The van der Waals surface area contributed by atoms with Crippen molar-refractivity contribution < 1.29 is 13.6 Å². The van der Waals surface area contributed by atoms with E-state index in [2.05, 4.69) is 0 Å². The van der Waals surface area contributed by atoms with Gasteiger partial charge in [-0.05, 0) is 67.0 Å². The summed E-state index contributed by atoms with van der Waals surface area (Å²) >= 11 is 0. The van der Waals surface area contributed by atoms with Crippen molar-refractivity contribution in [3.05, 3.63) is 89.3 Å². The lowest BCUT2D eigenvalue weighted by molar-refractivity contribution is -0.116. The standard InChI is InChI=1S/C21H20O3/c1-15-6-3-7-16(2)21(15)19(14-18-9-5-13-24-18)20(22)11-10-17-8-4-12-23-17/h3-13,19H,14H2,1-2H3/b11-10+. The molecule has 1 aromatic carbocycles. The first-order valence-electron chi connectivity index (χ1n) is 7.99. The average molecular weight is 320 g/mol. The molecule has 0 spiro atoms. The van der Waals surface area contributed by atoms with Crippen LogP contribution in [0.4, 0.5) is 0 Å². The van der Waals surface area contributed by atoms with E-state index in [1.807, 2.05) is 50.2 Å². The van der Waals surface area contributed by atoms with E-state index in [9.17, 15) is 4.79 Å². The minimum atomic E-state index is -0.274. The fraction of sp³-hybridized carbons (Fsp3) is 0.190. The van der Waals surface area contributed by atoms with Crippen LogP contribution < -0.4 is 0 Å². The van der Waals surface area contributed by atoms with Crippen LogP contribution in [0.1, 0.15) is 34.1 Å². The van der Waals surface area contributed by atoms with Crippen molar-refractivity contribution in [2.75, 3.05) is 0 Å². The van der Waals surface area contributed by atoms with Crippen LogP contribution in [-0.4, -0.2) is 5.78 Å². The summed E-state index contributed by atoms with van der Waals surface area (Å²) in [5.41, 5.74) is 3.31. The molecule has 1 atom stereocenters. The van der Waals surface area contributed by atoms with Gasteiger partial charge in [-0.3, -0.25) is 4.79 Å². The van der Waals surface area contributed by atoms with E-state index in [1.165, 1.54) is 0 Å². The van der Waals surface area contributed by atoms with Crippen molar-refractivity contribution in [2.45, 2.75) is 26.2 Å². The molecule has 3 rings (SSSR count). The maximum absolute atomic E-state index is 12.9. The number of rotatable bonds is 6. The third-order valence-corrected chi connectivity index (χ3v) is 4.17. The summed E-state index contributed by atoms with van der Waals surface area (Å²) < 4.78 is 10.7. The third-order valence-electron chi connectivity index (χ3n) is 4.17. The zero-order chi connectivity index (χ0) is 16.9. The molecule has 0 fully saturated rings. The van der Waals surface area contributed by atoms with Crippen LogP contribution >= 0.6 is 0 Å². The zero-order valence-electron chi connectivity index (χ0n) is 13.9. The Labute approximate surface area is 141 Å². The third kappa shape index (κ3) is 3.57. The second-order valence-corrected chi connectivity index (χ2v) is 5.89. The molecule has 24 heavy (non-hydrogen) atoms. The van der Waals surface area contributed by atoms with Crippen LogP contribution in [0.25, 0.3) is 6.08 Å². The number of hydrogen-bond acceptors (Lipinski definition) is 3. The quantitative estimate of drug-likeness (QED) is 0.594. The van der Waals surface area contributed by atoms with E-state index >= 15 is 0 Å². The van der Waals surface area contributed by atoms with Crippen molar-refractivity contribution >= 4 is 11.9 Å². The molecule has 2 aromatic heterocycles. The fourth-order valence-corrected chi connectivity index (χ4v) is 3.02. The van der Waals surface area contributed by atoms with Crippen LogP contribution in [0, 0.1) is 13.8 Å². The highest BCUT2D eigenvalue weighted by Crippen LogP contribution is 2.29. The summed E-state index contributed by atoms with van der Waals surface area (Å²) in [6.07, 6.45) is 7.08. The molecule has 0 aliphatic carbocycles. The average Bonchev–Trinajstić information content (AvgIpc) is 3.25. The predicted octanol–water partition coefficient (Wildman–Crippen LogP) is 5.10. The Hall–Kier alpha value is -2.81. The summed E-state index contributed by atoms with van der Waals surface area (Å²) in [6.45, 7) is 4.09. The first-order valence-corrected chi connectivity index (χ1v) is 7.99. The highest BCUT2D eigenvalue weighted by atomic mass is 16.3. The van der Waals surface area contributed by atoms with Crippen LogP contribution in [0.5, 0.6) is 0 Å². The van der Waals surface area contributed by atoms with Gasteiger partial charge in [-0.1, -0.05) is 18.2 Å². The number of hydrogen-bond donors (Lipinski definition) is 0. The van der Waals surface area contributed by atoms with Gasteiger partial charge in [0.1, 0.15) is 11.5 Å². The van der Waals surface area contributed by atoms with Gasteiger partial charge in [0, 0.05) is 6.42 Å². The van der Waals surface area contributed by atoms with E-state index in [-0.39, 0.29) is 11.7 Å². The van der Waals surface area contributed by atoms with Gasteiger partial charge in [0.2, 0.25) is 0 Å². The highest BCUT2D eigenvalue weighted by molar-refractivity contribution is 5.98. The molecule has 1 unspecified atom stereocenters. The molecule has 3 aromatic rings. The summed E-state index contributed by atoms with van der Waals surface area (Å²) in [7, 11) is 0. The first kappa shape index (κ1) is 16.1. The van der Waals surface area contributed by atoms with Crippen LogP contribution in [0.2, 0.25) is 0 Å². The van der Waals surface area contributed by atoms with Gasteiger partial charge < -0.3 is 8.83 Å². The minimum Gasteiger partial charge on any atom is -0.469 e. The Morgan fingerprint density at radius 1 is 1.00 bits per heavy atom. The minimum absolute atomic E-state index is 0.0419. The molecular weight excluding hydrogens is 300 g/mol. The summed E-state index contributed by atoms with van der Waals surface area (Å²) in [4.78, 5) is 12.9. The molecule has 0 saturated heterocycles. The predicted molar refractivity (Wildman–Crippen MR) is 93.8 cm³/mol. The number of allylic oxidation sites excluding steroid dienone is 1. The molecule has 122 valence electrons. The van der Waals surface area contributed by atoms with Gasteiger partial charge in [0.25, 0.3) is 0 Å². The molecule has 0 aliphatic heterocycles. The summed E-state index contributed by atoms with van der Waals surface area (Å²) in [5, 5.41) is 0. The largest absolute Gasteiger partial charge is 0.469 e. The summed E-state index contributed by atoms with van der Waals surface area (Å²) in [5.74, 6) is 1.24. The second kappa shape index (κ2) is 7.18. The molecular formula is C21H20O3. The van der Waals surface area contributed by atoms with Gasteiger partial charge in [0.05, 0.1) is 18.4 Å². The van der Waals surface area contributed by atoms with E-state index in [0.29, 0.717) is 12.2 Å². The van der Waals surface area contributed by atoms with Crippen molar-refractivity contribution in [3.63, 3.8) is 0 Å². The van der Waals surface area contributed by atoms with E-state index in [4.69, 9.17) is 8.83 Å². The Balaban J connectivity index is 1.94. The lowest BCUT2D eigenvalue weighted by Crippen LogP contribution is -2.15. The molecule has 0 saturated carbocycles. The highest BCUT2D eigenvalue weighted by Gasteiger charge is 2.23. The molecule has 0 radical (unpaired) electrons. The van der Waals surface area contributed by atoms with Crippen molar-refractivity contribution in [3.8, 4) is 0 Å².